The maximum absolute atomic E-state index is 4.17. The van der Waals surface area contributed by atoms with Gasteiger partial charge < -0.3 is 5.32 Å². The van der Waals surface area contributed by atoms with E-state index in [9.17, 15) is 0 Å². The standard InChI is InChI=1S/C11H21N3S/c1-9(8-15-4)5-12-10(2)11-6-13-14(3)7-11/h6-7,9-10,12H,5,8H2,1-4H3. The van der Waals surface area contributed by atoms with Gasteiger partial charge >= 0.3 is 0 Å². The quantitative estimate of drug-likeness (QED) is 0.807. The fourth-order valence-electron chi connectivity index (χ4n) is 1.50. The SMILES string of the molecule is CSCC(C)CNC(C)c1cnn(C)c1. The molecule has 1 aromatic rings. The molecule has 1 aromatic heterocycles. The lowest BCUT2D eigenvalue weighted by atomic mass is 10.1. The third kappa shape index (κ3) is 4.26. The smallest absolute Gasteiger partial charge is 0.0537 e. The second-order valence-corrected chi connectivity index (χ2v) is 5.05. The molecule has 1 rings (SSSR count). The van der Waals surface area contributed by atoms with Gasteiger partial charge in [0.15, 0.2) is 0 Å². The van der Waals surface area contributed by atoms with E-state index in [1.54, 1.807) is 0 Å². The molecule has 0 saturated heterocycles. The van der Waals surface area contributed by atoms with Gasteiger partial charge in [-0.1, -0.05) is 6.92 Å². The average molecular weight is 227 g/mol. The number of rotatable bonds is 6. The predicted octanol–water partition coefficient (Wildman–Crippen LogP) is 2.07. The molecule has 1 heterocycles. The van der Waals surface area contributed by atoms with Gasteiger partial charge in [0.1, 0.15) is 0 Å². The molecule has 2 atom stereocenters. The van der Waals surface area contributed by atoms with Crippen LogP contribution in [0.25, 0.3) is 0 Å². The third-order valence-corrected chi connectivity index (χ3v) is 3.35. The van der Waals surface area contributed by atoms with Gasteiger partial charge in [0.25, 0.3) is 0 Å². The summed E-state index contributed by atoms with van der Waals surface area (Å²) in [5.74, 6) is 1.94. The Labute approximate surface area is 96.6 Å². The molecule has 0 fully saturated rings. The highest BCUT2D eigenvalue weighted by Crippen LogP contribution is 2.11. The van der Waals surface area contributed by atoms with Crippen molar-refractivity contribution in [1.29, 1.82) is 0 Å². The van der Waals surface area contributed by atoms with Crippen LogP contribution in [0, 0.1) is 5.92 Å². The summed E-state index contributed by atoms with van der Waals surface area (Å²) in [6.45, 7) is 5.53. The molecular formula is C11H21N3S. The zero-order valence-corrected chi connectivity index (χ0v) is 10.8. The molecule has 0 bridgehead atoms. The fourth-order valence-corrected chi connectivity index (χ4v) is 2.19. The first-order chi connectivity index (χ1) is 7.13. The van der Waals surface area contributed by atoms with E-state index in [1.165, 1.54) is 11.3 Å². The van der Waals surface area contributed by atoms with E-state index in [2.05, 4.69) is 36.7 Å². The summed E-state index contributed by atoms with van der Waals surface area (Å²) in [5, 5.41) is 7.70. The number of aryl methyl sites for hydroxylation is 1. The maximum Gasteiger partial charge on any atom is 0.0537 e. The Bertz CT molecular complexity index is 285. The molecule has 0 aliphatic carbocycles. The van der Waals surface area contributed by atoms with Crippen molar-refractivity contribution in [3.63, 3.8) is 0 Å². The van der Waals surface area contributed by atoms with E-state index in [1.807, 2.05) is 29.7 Å². The van der Waals surface area contributed by atoms with Crippen LogP contribution < -0.4 is 5.32 Å². The highest BCUT2D eigenvalue weighted by atomic mass is 32.2. The molecule has 86 valence electrons. The highest BCUT2D eigenvalue weighted by Gasteiger charge is 2.08. The van der Waals surface area contributed by atoms with Crippen LogP contribution in [-0.2, 0) is 7.05 Å². The summed E-state index contributed by atoms with van der Waals surface area (Å²) < 4.78 is 1.85. The summed E-state index contributed by atoms with van der Waals surface area (Å²) in [6.07, 6.45) is 6.15. The lowest BCUT2D eigenvalue weighted by Crippen LogP contribution is -2.25. The zero-order valence-electron chi connectivity index (χ0n) is 10.0. The van der Waals surface area contributed by atoms with Crippen molar-refractivity contribution >= 4 is 11.8 Å². The van der Waals surface area contributed by atoms with Gasteiger partial charge in [-0.25, -0.2) is 0 Å². The Morgan fingerprint density at radius 2 is 2.27 bits per heavy atom. The minimum absolute atomic E-state index is 0.392. The third-order valence-electron chi connectivity index (χ3n) is 2.45. The lowest BCUT2D eigenvalue weighted by Gasteiger charge is -2.15. The number of hydrogen-bond acceptors (Lipinski definition) is 3. The van der Waals surface area contributed by atoms with Gasteiger partial charge in [-0.2, -0.15) is 16.9 Å². The highest BCUT2D eigenvalue weighted by molar-refractivity contribution is 7.98. The molecule has 0 amide bonds. The average Bonchev–Trinajstić information content (AvgIpc) is 2.62. The zero-order chi connectivity index (χ0) is 11.3. The summed E-state index contributed by atoms with van der Waals surface area (Å²) in [6, 6.07) is 0.392. The van der Waals surface area contributed by atoms with Crippen molar-refractivity contribution in [2.24, 2.45) is 13.0 Å². The number of aromatic nitrogens is 2. The van der Waals surface area contributed by atoms with Crippen molar-refractivity contribution in [3.8, 4) is 0 Å². The van der Waals surface area contributed by atoms with E-state index in [0.29, 0.717) is 6.04 Å². The first-order valence-corrected chi connectivity index (χ1v) is 6.73. The van der Waals surface area contributed by atoms with Crippen LogP contribution >= 0.6 is 11.8 Å². The molecular weight excluding hydrogens is 206 g/mol. The van der Waals surface area contributed by atoms with E-state index < -0.39 is 0 Å². The van der Waals surface area contributed by atoms with Gasteiger partial charge in [-0.05, 0) is 31.4 Å². The van der Waals surface area contributed by atoms with Crippen molar-refractivity contribution in [1.82, 2.24) is 15.1 Å². The van der Waals surface area contributed by atoms with Gasteiger partial charge in [0, 0.05) is 24.8 Å². The van der Waals surface area contributed by atoms with E-state index in [-0.39, 0.29) is 0 Å². The molecule has 15 heavy (non-hydrogen) atoms. The molecule has 0 aliphatic heterocycles. The minimum atomic E-state index is 0.392. The summed E-state index contributed by atoms with van der Waals surface area (Å²) in [4.78, 5) is 0. The van der Waals surface area contributed by atoms with Gasteiger partial charge in [-0.15, -0.1) is 0 Å². The van der Waals surface area contributed by atoms with Crippen molar-refractivity contribution in [2.75, 3.05) is 18.6 Å². The first-order valence-electron chi connectivity index (χ1n) is 5.34. The topological polar surface area (TPSA) is 29.9 Å². The normalized spacial score (nSPS) is 15.2. The number of hydrogen-bond donors (Lipinski definition) is 1. The Balaban J connectivity index is 2.33. The Morgan fingerprint density at radius 3 is 2.80 bits per heavy atom. The first kappa shape index (κ1) is 12.6. The predicted molar refractivity (Wildman–Crippen MR) is 67.2 cm³/mol. The van der Waals surface area contributed by atoms with Crippen LogP contribution in [0.4, 0.5) is 0 Å². The molecule has 0 aromatic carbocycles. The molecule has 0 spiro atoms. The van der Waals surface area contributed by atoms with Crippen molar-refractivity contribution < 1.29 is 0 Å². The lowest BCUT2D eigenvalue weighted by molar-refractivity contribution is 0.501. The summed E-state index contributed by atoms with van der Waals surface area (Å²) in [7, 11) is 1.95. The van der Waals surface area contributed by atoms with Gasteiger partial charge in [-0.3, -0.25) is 4.68 Å². The van der Waals surface area contributed by atoms with Crippen LogP contribution in [0.3, 0.4) is 0 Å². The van der Waals surface area contributed by atoms with E-state index in [0.717, 1.165) is 12.5 Å². The van der Waals surface area contributed by atoms with Crippen LogP contribution in [-0.4, -0.2) is 28.3 Å². The Morgan fingerprint density at radius 1 is 1.53 bits per heavy atom. The summed E-state index contributed by atoms with van der Waals surface area (Å²) >= 11 is 1.90. The van der Waals surface area contributed by atoms with Crippen molar-refractivity contribution in [3.05, 3.63) is 18.0 Å². The molecule has 3 nitrogen and oxygen atoms in total. The molecule has 0 radical (unpaired) electrons. The van der Waals surface area contributed by atoms with Crippen LogP contribution in [0.15, 0.2) is 12.4 Å². The second-order valence-electron chi connectivity index (χ2n) is 4.14. The van der Waals surface area contributed by atoms with E-state index in [4.69, 9.17) is 0 Å². The molecule has 4 heteroatoms. The number of nitrogens with zero attached hydrogens (tertiary/aromatic N) is 2. The fraction of sp³-hybridized carbons (Fsp3) is 0.727. The molecule has 0 saturated carbocycles. The molecule has 2 unspecified atom stereocenters. The molecule has 1 N–H and O–H groups in total. The van der Waals surface area contributed by atoms with E-state index >= 15 is 0 Å². The number of nitrogens with one attached hydrogen (secondary N) is 1. The minimum Gasteiger partial charge on any atom is -0.310 e. The maximum atomic E-state index is 4.17. The largest absolute Gasteiger partial charge is 0.310 e. The second kappa shape index (κ2) is 6.18. The number of thioether (sulfide) groups is 1. The Kier molecular flexibility index (Phi) is 5.19. The monoisotopic (exact) mass is 227 g/mol. The van der Waals surface area contributed by atoms with Crippen LogP contribution in [0.2, 0.25) is 0 Å². The van der Waals surface area contributed by atoms with Crippen molar-refractivity contribution in [2.45, 2.75) is 19.9 Å². The van der Waals surface area contributed by atoms with Crippen LogP contribution in [0.1, 0.15) is 25.5 Å². The molecule has 0 aliphatic rings. The van der Waals surface area contributed by atoms with Gasteiger partial charge in [0.2, 0.25) is 0 Å². The van der Waals surface area contributed by atoms with Gasteiger partial charge in [0.05, 0.1) is 6.20 Å². The Hall–Kier alpha value is -0.480. The summed E-state index contributed by atoms with van der Waals surface area (Å²) in [5.41, 5.74) is 1.26. The van der Waals surface area contributed by atoms with Crippen LogP contribution in [0.5, 0.6) is 0 Å².